The maximum absolute atomic E-state index is 13.1. The van der Waals surface area contributed by atoms with Crippen LogP contribution in [-0.2, 0) is 16.1 Å². The summed E-state index contributed by atoms with van der Waals surface area (Å²) in [4.78, 5) is 27.3. The molecule has 0 saturated carbocycles. The minimum absolute atomic E-state index is 0.0427. The van der Waals surface area contributed by atoms with E-state index in [4.69, 9.17) is 9.47 Å². The summed E-state index contributed by atoms with van der Waals surface area (Å²) in [6.45, 7) is 7.84. The third kappa shape index (κ3) is 6.51. The van der Waals surface area contributed by atoms with Crippen LogP contribution in [-0.4, -0.2) is 42.5 Å². The van der Waals surface area contributed by atoms with E-state index in [2.05, 4.69) is 5.32 Å². The van der Waals surface area contributed by atoms with Gasteiger partial charge in [-0.2, -0.15) is 0 Å². The number of aryl methyl sites for hydroxylation is 1. The van der Waals surface area contributed by atoms with Crippen LogP contribution >= 0.6 is 0 Å². The fraction of sp³-hybridized carbons (Fsp3) is 0.417. The zero-order valence-corrected chi connectivity index (χ0v) is 18.5. The molecular formula is C24H32N2O4. The van der Waals surface area contributed by atoms with E-state index < -0.39 is 6.04 Å². The second-order valence-electron chi connectivity index (χ2n) is 7.44. The highest BCUT2D eigenvalue weighted by atomic mass is 16.5. The molecule has 6 nitrogen and oxygen atoms in total. The molecule has 0 saturated heterocycles. The van der Waals surface area contributed by atoms with Crippen LogP contribution < -0.4 is 14.8 Å². The zero-order valence-electron chi connectivity index (χ0n) is 18.5. The fourth-order valence-electron chi connectivity index (χ4n) is 2.90. The van der Waals surface area contributed by atoms with Crippen LogP contribution in [0.1, 0.15) is 38.3 Å². The number of rotatable bonds is 10. The van der Waals surface area contributed by atoms with Crippen molar-refractivity contribution in [1.82, 2.24) is 10.2 Å². The van der Waals surface area contributed by atoms with Crippen molar-refractivity contribution in [2.45, 2.75) is 52.7 Å². The van der Waals surface area contributed by atoms with E-state index in [-0.39, 0.29) is 24.5 Å². The molecule has 0 radical (unpaired) electrons. The summed E-state index contributed by atoms with van der Waals surface area (Å²) in [6.07, 6.45) is 0.821. The number of ether oxygens (including phenoxy) is 2. The Bertz CT molecular complexity index is 835. The first-order chi connectivity index (χ1) is 14.3. The van der Waals surface area contributed by atoms with Gasteiger partial charge in [-0.25, -0.2) is 0 Å². The molecule has 0 aliphatic rings. The predicted octanol–water partition coefficient (Wildman–Crippen LogP) is 3.71. The number of carbonyl (C=O) groups excluding carboxylic acids is 2. The maximum Gasteiger partial charge on any atom is 0.261 e. The van der Waals surface area contributed by atoms with Crippen LogP contribution in [0.3, 0.4) is 0 Å². The van der Waals surface area contributed by atoms with Crippen molar-refractivity contribution in [2.75, 3.05) is 13.7 Å². The van der Waals surface area contributed by atoms with Crippen molar-refractivity contribution >= 4 is 11.8 Å². The number of amides is 2. The number of nitrogens with one attached hydrogen (secondary N) is 1. The van der Waals surface area contributed by atoms with E-state index >= 15 is 0 Å². The fourth-order valence-corrected chi connectivity index (χ4v) is 2.90. The summed E-state index contributed by atoms with van der Waals surface area (Å²) in [7, 11) is 1.55. The molecular weight excluding hydrogens is 380 g/mol. The summed E-state index contributed by atoms with van der Waals surface area (Å²) in [6, 6.07) is 14.5. The Hall–Kier alpha value is -3.02. The van der Waals surface area contributed by atoms with Crippen LogP contribution in [0.5, 0.6) is 11.5 Å². The van der Waals surface area contributed by atoms with Gasteiger partial charge in [-0.3, -0.25) is 9.59 Å². The van der Waals surface area contributed by atoms with Crippen LogP contribution in [0.4, 0.5) is 0 Å². The molecule has 2 atom stereocenters. The van der Waals surface area contributed by atoms with Gasteiger partial charge in [0.15, 0.2) is 18.1 Å². The average molecular weight is 413 g/mol. The van der Waals surface area contributed by atoms with E-state index in [1.807, 2.05) is 57.2 Å². The normalized spacial score (nSPS) is 12.6. The molecule has 2 aromatic carbocycles. The molecule has 6 heteroatoms. The lowest BCUT2D eigenvalue weighted by Crippen LogP contribution is -2.50. The maximum atomic E-state index is 13.1. The largest absolute Gasteiger partial charge is 0.493 e. The summed E-state index contributed by atoms with van der Waals surface area (Å²) in [5.74, 6) is 0.591. The summed E-state index contributed by atoms with van der Waals surface area (Å²) in [5, 5.41) is 2.96. The van der Waals surface area contributed by atoms with Crippen LogP contribution in [0, 0.1) is 6.92 Å². The molecule has 30 heavy (non-hydrogen) atoms. The molecule has 0 fully saturated rings. The SMILES string of the molecule is CC[C@H](C)NC(=O)[C@@H](C)N(Cc1ccc(C)cc1)C(=O)COc1ccccc1OC. The third-order valence-corrected chi connectivity index (χ3v) is 5.06. The molecule has 0 unspecified atom stereocenters. The molecule has 0 aromatic heterocycles. The second kappa shape index (κ2) is 11.2. The lowest BCUT2D eigenvalue weighted by molar-refractivity contribution is -0.142. The highest BCUT2D eigenvalue weighted by molar-refractivity contribution is 5.88. The van der Waals surface area contributed by atoms with Crippen molar-refractivity contribution in [1.29, 1.82) is 0 Å². The number of hydrogen-bond acceptors (Lipinski definition) is 4. The standard InChI is InChI=1S/C24H32N2O4/c1-6-18(3)25-24(28)19(4)26(15-20-13-11-17(2)12-14-20)23(27)16-30-22-10-8-7-9-21(22)29-5/h7-14,18-19H,6,15-16H2,1-5H3,(H,25,28)/t18-,19+/m0/s1. The molecule has 2 rings (SSSR count). The molecule has 0 aliphatic heterocycles. The quantitative estimate of drug-likeness (QED) is 0.646. The molecule has 2 aromatic rings. The number of methoxy groups -OCH3 is 1. The number of carbonyl (C=O) groups is 2. The topological polar surface area (TPSA) is 67.9 Å². The Morgan fingerprint density at radius 1 is 1.03 bits per heavy atom. The van der Waals surface area contributed by atoms with E-state index in [1.54, 1.807) is 31.1 Å². The van der Waals surface area contributed by atoms with Crippen molar-refractivity contribution in [3.8, 4) is 11.5 Å². The molecule has 0 bridgehead atoms. The lowest BCUT2D eigenvalue weighted by atomic mass is 10.1. The summed E-state index contributed by atoms with van der Waals surface area (Å²) in [5.41, 5.74) is 2.09. The van der Waals surface area contributed by atoms with Crippen LogP contribution in [0.25, 0.3) is 0 Å². The van der Waals surface area contributed by atoms with Gasteiger partial charge in [0.25, 0.3) is 5.91 Å². The zero-order chi connectivity index (χ0) is 22.1. The van der Waals surface area contributed by atoms with Gasteiger partial charge >= 0.3 is 0 Å². The molecule has 0 heterocycles. The Labute approximate surface area is 179 Å². The number of hydrogen-bond donors (Lipinski definition) is 1. The third-order valence-electron chi connectivity index (χ3n) is 5.06. The van der Waals surface area contributed by atoms with E-state index in [0.717, 1.165) is 17.5 Å². The van der Waals surface area contributed by atoms with Crippen LogP contribution in [0.2, 0.25) is 0 Å². The Morgan fingerprint density at radius 2 is 1.67 bits per heavy atom. The average Bonchev–Trinajstić information content (AvgIpc) is 2.76. The van der Waals surface area contributed by atoms with E-state index in [0.29, 0.717) is 18.0 Å². The molecule has 0 spiro atoms. The highest BCUT2D eigenvalue weighted by Crippen LogP contribution is 2.25. The van der Waals surface area contributed by atoms with Crippen molar-refractivity contribution < 1.29 is 19.1 Å². The summed E-state index contributed by atoms with van der Waals surface area (Å²) < 4.78 is 11.0. The molecule has 1 N–H and O–H groups in total. The molecule has 0 aliphatic carbocycles. The Balaban J connectivity index is 2.17. The first-order valence-electron chi connectivity index (χ1n) is 10.3. The van der Waals surface area contributed by atoms with Gasteiger partial charge in [0.2, 0.25) is 5.91 Å². The predicted molar refractivity (Wildman–Crippen MR) is 118 cm³/mol. The number of benzene rings is 2. The Kier molecular flexibility index (Phi) is 8.71. The highest BCUT2D eigenvalue weighted by Gasteiger charge is 2.27. The van der Waals surface area contributed by atoms with Gasteiger partial charge in [0.05, 0.1) is 7.11 Å². The van der Waals surface area contributed by atoms with Gasteiger partial charge in [0.1, 0.15) is 6.04 Å². The van der Waals surface area contributed by atoms with Crippen molar-refractivity contribution in [2.24, 2.45) is 0 Å². The lowest BCUT2D eigenvalue weighted by Gasteiger charge is -2.29. The minimum Gasteiger partial charge on any atom is -0.493 e. The number of nitrogens with zero attached hydrogens (tertiary/aromatic N) is 1. The first-order valence-corrected chi connectivity index (χ1v) is 10.3. The monoisotopic (exact) mass is 412 g/mol. The van der Waals surface area contributed by atoms with Gasteiger partial charge in [-0.15, -0.1) is 0 Å². The Morgan fingerprint density at radius 3 is 2.27 bits per heavy atom. The number of para-hydroxylation sites is 2. The van der Waals surface area contributed by atoms with Gasteiger partial charge in [-0.1, -0.05) is 48.9 Å². The first kappa shape index (κ1) is 23.3. The molecule has 162 valence electrons. The van der Waals surface area contributed by atoms with Crippen molar-refractivity contribution in [3.05, 3.63) is 59.7 Å². The van der Waals surface area contributed by atoms with Crippen molar-refractivity contribution in [3.63, 3.8) is 0 Å². The van der Waals surface area contributed by atoms with E-state index in [9.17, 15) is 9.59 Å². The van der Waals surface area contributed by atoms with Crippen LogP contribution in [0.15, 0.2) is 48.5 Å². The summed E-state index contributed by atoms with van der Waals surface area (Å²) >= 11 is 0. The smallest absolute Gasteiger partial charge is 0.261 e. The minimum atomic E-state index is -0.630. The second-order valence-corrected chi connectivity index (χ2v) is 7.44. The van der Waals surface area contributed by atoms with Gasteiger partial charge < -0.3 is 19.7 Å². The van der Waals surface area contributed by atoms with E-state index in [1.165, 1.54) is 0 Å². The molecule has 2 amide bonds. The van der Waals surface area contributed by atoms with Gasteiger partial charge in [0, 0.05) is 12.6 Å². The van der Waals surface area contributed by atoms with Gasteiger partial charge in [-0.05, 0) is 44.9 Å².